The van der Waals surface area contributed by atoms with Crippen molar-refractivity contribution in [3.63, 3.8) is 0 Å². The maximum absolute atomic E-state index is 12.1. The molecule has 1 heterocycles. The fourth-order valence-corrected chi connectivity index (χ4v) is 2.45. The summed E-state index contributed by atoms with van der Waals surface area (Å²) in [5, 5.41) is 21.7. The molecule has 6 nitrogen and oxygen atoms in total. The largest absolute Gasteiger partial charge is 0.481 e. The number of hydrogen-bond donors (Lipinski definition) is 3. The van der Waals surface area contributed by atoms with Gasteiger partial charge < -0.3 is 20.1 Å². The lowest BCUT2D eigenvalue weighted by molar-refractivity contribution is -0.139. The maximum Gasteiger partial charge on any atom is 0.478 e. The zero-order chi connectivity index (χ0) is 16.7. The first-order chi connectivity index (χ1) is 11.0. The predicted octanol–water partition coefficient (Wildman–Crippen LogP) is 0.944. The second kappa shape index (κ2) is 8.50. The molecule has 1 aliphatic rings. The van der Waals surface area contributed by atoms with Gasteiger partial charge in [0.2, 0.25) is 5.91 Å². The maximum atomic E-state index is 12.1. The van der Waals surface area contributed by atoms with Crippen molar-refractivity contribution in [2.75, 3.05) is 0 Å². The van der Waals surface area contributed by atoms with Gasteiger partial charge in [-0.1, -0.05) is 42.5 Å². The smallest absolute Gasteiger partial charge is 0.478 e. The quantitative estimate of drug-likeness (QED) is 0.555. The topological polar surface area (TPSA) is 95.9 Å². The summed E-state index contributed by atoms with van der Waals surface area (Å²) in [7, 11) is -1.23. The molecule has 0 saturated heterocycles. The lowest BCUT2D eigenvalue weighted by Gasteiger charge is -2.25. The highest BCUT2D eigenvalue weighted by Crippen LogP contribution is 2.13. The minimum atomic E-state index is -1.23. The van der Waals surface area contributed by atoms with Crippen molar-refractivity contribution in [2.24, 2.45) is 0 Å². The average Bonchev–Trinajstić information content (AvgIpc) is 2.49. The van der Waals surface area contributed by atoms with Crippen LogP contribution in [0.25, 0.3) is 0 Å². The second-order valence-electron chi connectivity index (χ2n) is 5.53. The van der Waals surface area contributed by atoms with Crippen molar-refractivity contribution in [1.29, 1.82) is 0 Å². The Morgan fingerprint density at radius 1 is 1.22 bits per heavy atom. The molecule has 0 saturated carbocycles. The molecule has 2 rings (SSSR count). The zero-order valence-corrected chi connectivity index (χ0v) is 12.7. The Bertz CT molecular complexity index is 563. The summed E-state index contributed by atoms with van der Waals surface area (Å²) in [6.07, 6.45) is 3.92. The number of carboxylic acid groups (broad SMARTS) is 1. The molecule has 0 bridgehead atoms. The third-order valence-corrected chi connectivity index (χ3v) is 3.59. The minimum absolute atomic E-state index is 0.188. The van der Waals surface area contributed by atoms with Crippen LogP contribution in [0.3, 0.4) is 0 Å². The van der Waals surface area contributed by atoms with E-state index in [0.29, 0.717) is 12.8 Å². The zero-order valence-electron chi connectivity index (χ0n) is 12.7. The van der Waals surface area contributed by atoms with Gasteiger partial charge in [0.1, 0.15) is 0 Å². The van der Waals surface area contributed by atoms with Crippen molar-refractivity contribution in [2.45, 2.75) is 37.7 Å². The second-order valence-corrected chi connectivity index (χ2v) is 5.53. The van der Waals surface area contributed by atoms with E-state index in [2.05, 4.69) is 5.32 Å². The highest BCUT2D eigenvalue weighted by atomic mass is 16.5. The summed E-state index contributed by atoms with van der Waals surface area (Å²) in [5.74, 6) is -1.80. The molecule has 0 aromatic heterocycles. The van der Waals surface area contributed by atoms with Crippen LogP contribution < -0.4 is 5.32 Å². The van der Waals surface area contributed by atoms with Gasteiger partial charge in [-0.05, 0) is 18.4 Å². The van der Waals surface area contributed by atoms with Gasteiger partial charge in [0.15, 0.2) is 0 Å². The summed E-state index contributed by atoms with van der Waals surface area (Å²) >= 11 is 0. The highest BCUT2D eigenvalue weighted by Gasteiger charge is 2.32. The number of carboxylic acids is 1. The number of rotatable bonds is 5. The minimum Gasteiger partial charge on any atom is -0.481 e. The molecule has 0 fully saturated rings. The van der Waals surface area contributed by atoms with Gasteiger partial charge in [0.25, 0.3) is 0 Å². The summed E-state index contributed by atoms with van der Waals surface area (Å²) in [6.45, 7) is 0. The molecule has 0 radical (unpaired) electrons. The molecule has 1 aromatic rings. The average molecular weight is 317 g/mol. The van der Waals surface area contributed by atoms with Crippen LogP contribution in [-0.4, -0.2) is 41.2 Å². The molecule has 2 atom stereocenters. The fourth-order valence-electron chi connectivity index (χ4n) is 2.45. The van der Waals surface area contributed by atoms with Crippen LogP contribution in [0.4, 0.5) is 0 Å². The predicted molar refractivity (Wildman–Crippen MR) is 85.5 cm³/mol. The van der Waals surface area contributed by atoms with Crippen LogP contribution in [0.1, 0.15) is 24.8 Å². The summed E-state index contributed by atoms with van der Waals surface area (Å²) < 4.78 is 5.37. The Hall–Kier alpha value is -2.12. The fraction of sp³-hybridized carbons (Fsp3) is 0.375. The van der Waals surface area contributed by atoms with Crippen molar-refractivity contribution in [3.8, 4) is 0 Å². The number of nitrogens with one attached hydrogen (secondary N) is 1. The van der Waals surface area contributed by atoms with Gasteiger partial charge in [-0.15, -0.1) is 0 Å². The van der Waals surface area contributed by atoms with Gasteiger partial charge in [-0.25, -0.2) is 0 Å². The number of benzene rings is 1. The van der Waals surface area contributed by atoms with E-state index in [9.17, 15) is 14.6 Å². The molecule has 0 unspecified atom stereocenters. The Balaban J connectivity index is 1.92. The lowest BCUT2D eigenvalue weighted by atomic mass is 9.75. The van der Waals surface area contributed by atoms with Crippen LogP contribution in [0.5, 0.6) is 0 Å². The van der Waals surface area contributed by atoms with Crippen molar-refractivity contribution in [3.05, 3.63) is 48.0 Å². The molecule has 1 aliphatic heterocycles. The molecule has 7 heteroatoms. The van der Waals surface area contributed by atoms with Crippen LogP contribution in [0, 0.1) is 0 Å². The molecule has 1 aromatic carbocycles. The van der Waals surface area contributed by atoms with Gasteiger partial charge >= 0.3 is 13.1 Å². The van der Waals surface area contributed by atoms with Crippen molar-refractivity contribution >= 4 is 19.0 Å². The number of carbonyl (C=O) groups excluding carboxylic acids is 1. The van der Waals surface area contributed by atoms with Gasteiger partial charge in [0.05, 0.1) is 24.9 Å². The molecule has 1 amide bonds. The van der Waals surface area contributed by atoms with Crippen LogP contribution in [0.2, 0.25) is 0 Å². The first-order valence-electron chi connectivity index (χ1n) is 7.58. The van der Waals surface area contributed by atoms with Crippen molar-refractivity contribution in [1.82, 2.24) is 5.32 Å². The molecule has 23 heavy (non-hydrogen) atoms. The monoisotopic (exact) mass is 317 g/mol. The first-order valence-corrected chi connectivity index (χ1v) is 7.58. The lowest BCUT2D eigenvalue weighted by Crippen LogP contribution is -2.50. The van der Waals surface area contributed by atoms with E-state index in [1.165, 1.54) is 0 Å². The summed E-state index contributed by atoms with van der Waals surface area (Å²) in [5.41, 5.74) is 0.880. The Morgan fingerprint density at radius 3 is 2.61 bits per heavy atom. The standard InChI is InChI=1S/C16H20BNO5/c19-15(10-12-6-2-1-3-7-12)18-14-9-5-4-8-13(11-16(20)21)23-17(14)22/h1-7,13-14,22H,8-11H2,(H,18,19)(H,20,21)/b5-4-/t13-,14-/m0/s1. The van der Waals surface area contributed by atoms with Crippen molar-refractivity contribution < 1.29 is 24.4 Å². The molecule has 0 aliphatic carbocycles. The van der Waals surface area contributed by atoms with E-state index in [1.807, 2.05) is 42.5 Å². The summed E-state index contributed by atoms with van der Waals surface area (Å²) in [4.78, 5) is 22.9. The third-order valence-electron chi connectivity index (χ3n) is 3.59. The molecular weight excluding hydrogens is 297 g/mol. The normalized spacial score (nSPS) is 22.7. The molecule has 3 N–H and O–H groups in total. The number of amides is 1. The van der Waals surface area contributed by atoms with Gasteiger partial charge in [-0.3, -0.25) is 9.59 Å². The SMILES string of the molecule is O=C(O)C[C@@H]1C/C=C\C[C@H](NC(=O)Cc2ccccc2)B(O)O1. The molecule has 122 valence electrons. The van der Waals surface area contributed by atoms with E-state index < -0.39 is 25.1 Å². The molecule has 0 spiro atoms. The van der Waals surface area contributed by atoms with E-state index in [-0.39, 0.29) is 18.7 Å². The first kappa shape index (κ1) is 17.2. The Morgan fingerprint density at radius 2 is 1.91 bits per heavy atom. The molecular formula is C16H20BNO5. The third kappa shape index (κ3) is 5.88. The Labute approximate surface area is 135 Å². The van der Waals surface area contributed by atoms with E-state index in [0.717, 1.165) is 5.56 Å². The van der Waals surface area contributed by atoms with Crippen LogP contribution in [-0.2, 0) is 20.7 Å². The van der Waals surface area contributed by atoms with E-state index in [1.54, 1.807) is 0 Å². The summed E-state index contributed by atoms with van der Waals surface area (Å²) in [6, 6.07) is 9.30. The van der Waals surface area contributed by atoms with E-state index in [4.69, 9.17) is 9.76 Å². The van der Waals surface area contributed by atoms with Crippen LogP contribution in [0.15, 0.2) is 42.5 Å². The number of carbonyl (C=O) groups is 2. The number of hydrogen-bond acceptors (Lipinski definition) is 4. The van der Waals surface area contributed by atoms with E-state index >= 15 is 0 Å². The highest BCUT2D eigenvalue weighted by molar-refractivity contribution is 6.45. The number of aliphatic carboxylic acids is 1. The van der Waals surface area contributed by atoms with Gasteiger partial charge in [0, 0.05) is 0 Å². The van der Waals surface area contributed by atoms with Crippen LogP contribution >= 0.6 is 0 Å². The Kier molecular flexibility index (Phi) is 6.37. The van der Waals surface area contributed by atoms with Gasteiger partial charge in [-0.2, -0.15) is 0 Å².